The van der Waals surface area contributed by atoms with Crippen LogP contribution >= 0.6 is 0 Å². The normalized spacial score (nSPS) is 11.3. The van der Waals surface area contributed by atoms with Gasteiger partial charge in [-0.05, 0) is 116 Å². The van der Waals surface area contributed by atoms with Crippen molar-refractivity contribution in [3.05, 3.63) is 237 Å². The molecule has 11 rings (SSSR count). The van der Waals surface area contributed by atoms with Gasteiger partial charge in [0.2, 0.25) is 0 Å². The molecule has 0 unspecified atom stereocenters. The van der Waals surface area contributed by atoms with Gasteiger partial charge < -0.3 is 9.32 Å². The minimum Gasteiger partial charge on any atom is -0.455 e. The Morgan fingerprint density at radius 3 is 1.42 bits per heavy atom. The first-order valence-corrected chi connectivity index (χ1v) is 20.5. The van der Waals surface area contributed by atoms with E-state index in [1.54, 1.807) is 0 Å². The standard InChI is InChI=1S/C58H39NO/c1-3-12-40(13-4-1)42-24-26-43(27-25-42)44-28-33-50(34-29-44)59(51-35-30-45(31-36-51)48-18-9-17-47(38-48)41-14-5-2-6-15-41)52-20-10-19-49(39-52)53-22-11-23-56-57(53)55-37-32-46-16-7-8-21-54(46)58(55)60-56/h1-39H. The maximum atomic E-state index is 6.59. The predicted octanol–water partition coefficient (Wildman–Crippen LogP) is 16.5. The molecule has 0 bridgehead atoms. The highest BCUT2D eigenvalue weighted by Gasteiger charge is 2.18. The zero-order valence-corrected chi connectivity index (χ0v) is 32.9. The fourth-order valence-electron chi connectivity index (χ4n) is 8.65. The first kappa shape index (κ1) is 35.2. The van der Waals surface area contributed by atoms with Crippen LogP contribution in [-0.2, 0) is 0 Å². The minimum absolute atomic E-state index is 0.889. The third-order valence-electron chi connectivity index (χ3n) is 11.7. The van der Waals surface area contributed by atoms with Crippen LogP contribution in [0.5, 0.6) is 0 Å². The molecule has 10 aromatic carbocycles. The van der Waals surface area contributed by atoms with Crippen LogP contribution in [0.15, 0.2) is 241 Å². The second kappa shape index (κ2) is 15.1. The minimum atomic E-state index is 0.889. The van der Waals surface area contributed by atoms with Crippen LogP contribution in [0.3, 0.4) is 0 Å². The zero-order valence-electron chi connectivity index (χ0n) is 32.9. The Bertz CT molecular complexity index is 3270. The third-order valence-corrected chi connectivity index (χ3v) is 11.7. The Morgan fingerprint density at radius 1 is 0.283 bits per heavy atom. The second-order valence-corrected chi connectivity index (χ2v) is 15.3. The van der Waals surface area contributed by atoms with Crippen molar-refractivity contribution in [1.29, 1.82) is 0 Å². The number of hydrogen-bond donors (Lipinski definition) is 0. The molecule has 0 aliphatic rings. The maximum Gasteiger partial charge on any atom is 0.143 e. The summed E-state index contributed by atoms with van der Waals surface area (Å²) in [6, 6.07) is 84.8. The number of hydrogen-bond acceptors (Lipinski definition) is 2. The highest BCUT2D eigenvalue weighted by Crippen LogP contribution is 2.43. The summed E-state index contributed by atoms with van der Waals surface area (Å²) in [5.41, 5.74) is 16.9. The molecule has 282 valence electrons. The predicted molar refractivity (Wildman–Crippen MR) is 253 cm³/mol. The zero-order chi connectivity index (χ0) is 39.8. The van der Waals surface area contributed by atoms with Gasteiger partial charge in [-0.1, -0.05) is 182 Å². The Hall–Kier alpha value is -7.94. The summed E-state index contributed by atoms with van der Waals surface area (Å²) in [7, 11) is 0. The molecule has 0 saturated carbocycles. The summed E-state index contributed by atoms with van der Waals surface area (Å²) in [6.07, 6.45) is 0. The molecule has 2 nitrogen and oxygen atoms in total. The Morgan fingerprint density at radius 2 is 0.767 bits per heavy atom. The lowest BCUT2D eigenvalue weighted by Gasteiger charge is -2.26. The Labute approximate surface area is 349 Å². The monoisotopic (exact) mass is 765 g/mol. The van der Waals surface area contributed by atoms with E-state index < -0.39 is 0 Å². The summed E-state index contributed by atoms with van der Waals surface area (Å²) in [4.78, 5) is 2.36. The van der Waals surface area contributed by atoms with Crippen LogP contribution in [0, 0.1) is 0 Å². The summed E-state index contributed by atoms with van der Waals surface area (Å²) in [6.45, 7) is 0. The number of benzene rings is 10. The molecule has 0 N–H and O–H groups in total. The Kier molecular flexibility index (Phi) is 8.87. The smallest absolute Gasteiger partial charge is 0.143 e. The van der Waals surface area contributed by atoms with Crippen molar-refractivity contribution < 1.29 is 4.42 Å². The van der Waals surface area contributed by atoms with Crippen molar-refractivity contribution in [2.75, 3.05) is 4.90 Å². The lowest BCUT2D eigenvalue weighted by molar-refractivity contribution is 0.673. The quantitative estimate of drug-likeness (QED) is 0.153. The van der Waals surface area contributed by atoms with Crippen molar-refractivity contribution in [2.45, 2.75) is 0 Å². The first-order valence-electron chi connectivity index (χ1n) is 20.5. The molecule has 0 aliphatic carbocycles. The van der Waals surface area contributed by atoms with Crippen LogP contribution in [0.1, 0.15) is 0 Å². The molecule has 60 heavy (non-hydrogen) atoms. The van der Waals surface area contributed by atoms with Crippen LogP contribution in [-0.4, -0.2) is 0 Å². The highest BCUT2D eigenvalue weighted by molar-refractivity contribution is 6.19. The topological polar surface area (TPSA) is 16.4 Å². The lowest BCUT2D eigenvalue weighted by Crippen LogP contribution is -2.10. The maximum absolute atomic E-state index is 6.59. The average molecular weight is 766 g/mol. The Balaban J connectivity index is 0.995. The van der Waals surface area contributed by atoms with Gasteiger partial charge in [0.15, 0.2) is 0 Å². The molecule has 0 aliphatic heterocycles. The molecular formula is C58H39NO. The third kappa shape index (κ3) is 6.51. The van der Waals surface area contributed by atoms with E-state index in [9.17, 15) is 0 Å². The van der Waals surface area contributed by atoms with Gasteiger partial charge in [0.05, 0.1) is 0 Å². The van der Waals surface area contributed by atoms with Crippen LogP contribution in [0.25, 0.3) is 88.3 Å². The molecule has 0 amide bonds. The lowest BCUT2D eigenvalue weighted by atomic mass is 9.97. The molecule has 0 radical (unpaired) electrons. The molecular weight excluding hydrogens is 727 g/mol. The van der Waals surface area contributed by atoms with Gasteiger partial charge in [-0.15, -0.1) is 0 Å². The van der Waals surface area contributed by atoms with Crippen LogP contribution in [0.2, 0.25) is 0 Å². The fourth-order valence-corrected chi connectivity index (χ4v) is 8.65. The van der Waals surface area contributed by atoms with E-state index in [0.29, 0.717) is 0 Å². The van der Waals surface area contributed by atoms with Gasteiger partial charge in [-0.2, -0.15) is 0 Å². The summed E-state index contributed by atoms with van der Waals surface area (Å²) >= 11 is 0. The molecule has 11 aromatic rings. The van der Waals surface area contributed by atoms with Crippen molar-refractivity contribution in [2.24, 2.45) is 0 Å². The van der Waals surface area contributed by atoms with E-state index in [0.717, 1.165) is 55.5 Å². The molecule has 0 saturated heterocycles. The van der Waals surface area contributed by atoms with E-state index in [4.69, 9.17) is 4.42 Å². The summed E-state index contributed by atoms with van der Waals surface area (Å²) in [5.74, 6) is 0. The van der Waals surface area contributed by atoms with Crippen molar-refractivity contribution >= 4 is 49.8 Å². The van der Waals surface area contributed by atoms with E-state index in [-0.39, 0.29) is 0 Å². The fraction of sp³-hybridized carbons (Fsp3) is 0. The summed E-state index contributed by atoms with van der Waals surface area (Å²) < 4.78 is 6.59. The molecule has 0 spiro atoms. The molecule has 0 fully saturated rings. The van der Waals surface area contributed by atoms with Gasteiger partial charge >= 0.3 is 0 Å². The number of rotatable bonds is 8. The van der Waals surface area contributed by atoms with E-state index in [1.165, 1.54) is 49.9 Å². The molecule has 1 heterocycles. The highest BCUT2D eigenvalue weighted by atomic mass is 16.3. The average Bonchev–Trinajstić information content (AvgIpc) is 3.73. The number of anilines is 3. The molecule has 1 aromatic heterocycles. The van der Waals surface area contributed by atoms with Gasteiger partial charge in [-0.25, -0.2) is 0 Å². The van der Waals surface area contributed by atoms with Crippen molar-refractivity contribution in [3.63, 3.8) is 0 Å². The van der Waals surface area contributed by atoms with Gasteiger partial charge in [-0.3, -0.25) is 0 Å². The first-order chi connectivity index (χ1) is 29.7. The number of fused-ring (bicyclic) bond motifs is 5. The van der Waals surface area contributed by atoms with Gasteiger partial charge in [0, 0.05) is 33.2 Å². The van der Waals surface area contributed by atoms with Gasteiger partial charge in [0.25, 0.3) is 0 Å². The van der Waals surface area contributed by atoms with Crippen LogP contribution in [0.4, 0.5) is 17.1 Å². The van der Waals surface area contributed by atoms with Crippen LogP contribution < -0.4 is 4.90 Å². The number of nitrogens with zero attached hydrogens (tertiary/aromatic N) is 1. The van der Waals surface area contributed by atoms with Gasteiger partial charge in [0.1, 0.15) is 11.2 Å². The number of furan rings is 1. The van der Waals surface area contributed by atoms with E-state index >= 15 is 0 Å². The molecule has 0 atom stereocenters. The van der Waals surface area contributed by atoms with E-state index in [2.05, 4.69) is 241 Å². The van der Waals surface area contributed by atoms with E-state index in [1.807, 2.05) is 0 Å². The van der Waals surface area contributed by atoms with Crippen molar-refractivity contribution in [1.82, 2.24) is 0 Å². The summed E-state index contributed by atoms with van der Waals surface area (Å²) in [5, 5.41) is 4.56. The molecule has 2 heteroatoms. The van der Waals surface area contributed by atoms with Crippen molar-refractivity contribution in [3.8, 4) is 55.6 Å². The largest absolute Gasteiger partial charge is 0.455 e. The second-order valence-electron chi connectivity index (χ2n) is 15.3. The SMILES string of the molecule is c1ccc(-c2ccc(-c3ccc(N(c4ccc(-c5cccc(-c6ccccc6)c5)cc4)c4cccc(-c5cccc6oc7c8ccccc8ccc7c56)c4)cc3)cc2)cc1.